The molecule has 7 heteroatoms. The minimum Gasteiger partial charge on any atom is -0.485 e. The number of benzene rings is 2. The molecule has 0 amide bonds. The fourth-order valence-corrected chi connectivity index (χ4v) is 4.23. The summed E-state index contributed by atoms with van der Waals surface area (Å²) in [6.45, 7) is 6.21. The molecule has 0 spiro atoms. The Hall–Kier alpha value is -3.90. The van der Waals surface area contributed by atoms with Gasteiger partial charge in [0, 0.05) is 16.9 Å². The van der Waals surface area contributed by atoms with Crippen molar-refractivity contribution in [2.24, 2.45) is 0 Å². The van der Waals surface area contributed by atoms with Crippen molar-refractivity contribution in [2.75, 3.05) is 0 Å². The Morgan fingerprint density at radius 3 is 2.59 bits per heavy atom. The van der Waals surface area contributed by atoms with Crippen LogP contribution in [0.3, 0.4) is 0 Å². The lowest BCUT2D eigenvalue weighted by atomic mass is 10.1. The summed E-state index contributed by atoms with van der Waals surface area (Å²) in [5.41, 5.74) is 5.84. The van der Waals surface area contributed by atoms with Gasteiger partial charge in [0.15, 0.2) is 11.4 Å². The van der Waals surface area contributed by atoms with Crippen LogP contribution in [-0.2, 0) is 6.61 Å². The molecule has 0 N–H and O–H groups in total. The van der Waals surface area contributed by atoms with Gasteiger partial charge in [-0.25, -0.2) is 9.67 Å². The minimum atomic E-state index is -0.195. The lowest BCUT2D eigenvalue weighted by Gasteiger charge is -2.12. The monoisotopic (exact) mass is 470 g/mol. The van der Waals surface area contributed by atoms with Gasteiger partial charge in [-0.1, -0.05) is 41.9 Å². The molecule has 0 aliphatic heterocycles. The third-order valence-electron chi connectivity index (χ3n) is 5.84. The maximum Gasteiger partial charge on any atom is 0.267 e. The van der Waals surface area contributed by atoms with E-state index in [1.807, 2.05) is 81.4 Å². The van der Waals surface area contributed by atoms with E-state index < -0.39 is 0 Å². The Balaban J connectivity index is 1.56. The van der Waals surface area contributed by atoms with Crippen molar-refractivity contribution >= 4 is 17.2 Å². The summed E-state index contributed by atoms with van der Waals surface area (Å²) < 4.78 is 9.37. The molecule has 0 aliphatic rings. The second-order valence-electron chi connectivity index (χ2n) is 8.22. The van der Waals surface area contributed by atoms with Gasteiger partial charge in [-0.15, -0.1) is 0 Å². The topological polar surface area (TPSA) is 61.4 Å². The van der Waals surface area contributed by atoms with E-state index in [2.05, 4.69) is 0 Å². The molecule has 0 bridgehead atoms. The highest BCUT2D eigenvalue weighted by molar-refractivity contribution is 6.30. The second kappa shape index (κ2) is 8.80. The molecule has 6 nitrogen and oxygen atoms in total. The molecule has 0 radical (unpaired) electrons. The van der Waals surface area contributed by atoms with Gasteiger partial charge in [0.05, 0.1) is 16.9 Å². The Morgan fingerprint density at radius 2 is 1.79 bits per heavy atom. The van der Waals surface area contributed by atoms with Crippen LogP contribution in [0.1, 0.15) is 22.5 Å². The first-order valence-corrected chi connectivity index (χ1v) is 11.3. The van der Waals surface area contributed by atoms with E-state index in [4.69, 9.17) is 26.4 Å². The van der Waals surface area contributed by atoms with E-state index in [0.29, 0.717) is 40.0 Å². The Bertz CT molecular complexity index is 1590. The molecule has 2 aromatic carbocycles. The average Bonchev–Trinajstić information content (AvgIpc) is 3.20. The van der Waals surface area contributed by atoms with E-state index in [1.165, 1.54) is 4.40 Å². The second-order valence-corrected chi connectivity index (χ2v) is 8.66. The standard InChI is InChI=1S/C27H23ClN4O2/c1-17-8-4-5-9-20(17)16-34-24-12-7-13-31-26(24)29-19(3)25(27(31)33)23-14-18(2)32(30-23)22-11-6-10-21(28)15-22/h4-15H,16H2,1-3H3. The van der Waals surface area contributed by atoms with E-state index in [0.717, 1.165) is 22.5 Å². The van der Waals surface area contributed by atoms with Gasteiger partial charge in [-0.2, -0.15) is 5.10 Å². The minimum absolute atomic E-state index is 0.195. The third kappa shape index (κ3) is 3.97. The van der Waals surface area contributed by atoms with Gasteiger partial charge in [0.25, 0.3) is 5.56 Å². The van der Waals surface area contributed by atoms with Crippen molar-refractivity contribution in [3.63, 3.8) is 0 Å². The lowest BCUT2D eigenvalue weighted by molar-refractivity contribution is 0.307. The number of hydrogen-bond acceptors (Lipinski definition) is 4. The largest absolute Gasteiger partial charge is 0.485 e. The summed E-state index contributed by atoms with van der Waals surface area (Å²) in [6.07, 6.45) is 1.70. The van der Waals surface area contributed by atoms with Crippen LogP contribution in [0.2, 0.25) is 5.02 Å². The normalized spacial score (nSPS) is 11.2. The zero-order valence-electron chi connectivity index (χ0n) is 19.1. The number of aromatic nitrogens is 4. The molecule has 0 unspecified atom stereocenters. The Morgan fingerprint density at radius 1 is 0.971 bits per heavy atom. The lowest BCUT2D eigenvalue weighted by Crippen LogP contribution is -2.19. The number of fused-ring (bicyclic) bond motifs is 1. The molecule has 3 heterocycles. The molecule has 0 saturated heterocycles. The zero-order chi connectivity index (χ0) is 23.8. The summed E-state index contributed by atoms with van der Waals surface area (Å²) >= 11 is 6.16. The van der Waals surface area contributed by atoms with Crippen molar-refractivity contribution in [1.82, 2.24) is 19.2 Å². The third-order valence-corrected chi connectivity index (χ3v) is 6.08. The quantitative estimate of drug-likeness (QED) is 0.330. The zero-order valence-corrected chi connectivity index (χ0v) is 19.9. The Labute approximate surface area is 202 Å². The van der Waals surface area contributed by atoms with E-state index >= 15 is 0 Å². The molecule has 170 valence electrons. The van der Waals surface area contributed by atoms with Crippen LogP contribution in [0.4, 0.5) is 0 Å². The number of ether oxygens (including phenoxy) is 1. The molecule has 5 rings (SSSR count). The van der Waals surface area contributed by atoms with Gasteiger partial charge >= 0.3 is 0 Å². The number of pyridine rings is 1. The van der Waals surface area contributed by atoms with Crippen LogP contribution in [0, 0.1) is 20.8 Å². The van der Waals surface area contributed by atoms with E-state index in [-0.39, 0.29) is 5.56 Å². The first kappa shape index (κ1) is 21.9. The highest BCUT2D eigenvalue weighted by Crippen LogP contribution is 2.25. The van der Waals surface area contributed by atoms with Crippen LogP contribution in [0.25, 0.3) is 22.6 Å². The number of nitrogens with zero attached hydrogens (tertiary/aromatic N) is 4. The Kier molecular flexibility index (Phi) is 5.67. The fourth-order valence-electron chi connectivity index (χ4n) is 4.04. The molecule has 0 saturated carbocycles. The number of rotatable bonds is 5. The first-order chi connectivity index (χ1) is 16.4. The van der Waals surface area contributed by atoms with Crippen molar-refractivity contribution in [3.05, 3.63) is 111 Å². The van der Waals surface area contributed by atoms with Crippen molar-refractivity contribution < 1.29 is 4.74 Å². The highest BCUT2D eigenvalue weighted by atomic mass is 35.5. The average molecular weight is 471 g/mol. The SMILES string of the molecule is Cc1ccccc1COc1cccn2c(=O)c(-c3cc(C)n(-c4cccc(Cl)c4)n3)c(C)nc12. The van der Waals surface area contributed by atoms with E-state index in [9.17, 15) is 4.79 Å². The summed E-state index contributed by atoms with van der Waals surface area (Å²) in [6, 6.07) is 21.0. The summed E-state index contributed by atoms with van der Waals surface area (Å²) in [5.74, 6) is 0.554. The highest BCUT2D eigenvalue weighted by Gasteiger charge is 2.18. The van der Waals surface area contributed by atoms with Crippen molar-refractivity contribution in [1.29, 1.82) is 0 Å². The van der Waals surface area contributed by atoms with Crippen LogP contribution in [-0.4, -0.2) is 19.2 Å². The van der Waals surface area contributed by atoms with Gasteiger partial charge in [-0.3, -0.25) is 9.20 Å². The fraction of sp³-hybridized carbons (Fsp3) is 0.148. The molecular weight excluding hydrogens is 448 g/mol. The summed E-state index contributed by atoms with van der Waals surface area (Å²) in [4.78, 5) is 18.3. The molecule has 3 aromatic heterocycles. The maximum atomic E-state index is 13.5. The van der Waals surface area contributed by atoms with Gasteiger partial charge < -0.3 is 4.74 Å². The van der Waals surface area contributed by atoms with Crippen molar-refractivity contribution in [3.8, 4) is 22.7 Å². The predicted molar refractivity (Wildman–Crippen MR) is 134 cm³/mol. The maximum absolute atomic E-state index is 13.5. The molecule has 0 fully saturated rings. The molecule has 34 heavy (non-hydrogen) atoms. The smallest absolute Gasteiger partial charge is 0.267 e. The summed E-state index contributed by atoms with van der Waals surface area (Å²) in [7, 11) is 0. The molecule has 0 aliphatic carbocycles. The van der Waals surface area contributed by atoms with Crippen molar-refractivity contribution in [2.45, 2.75) is 27.4 Å². The van der Waals surface area contributed by atoms with Crippen LogP contribution in [0.15, 0.2) is 77.7 Å². The van der Waals surface area contributed by atoms with Crippen LogP contribution >= 0.6 is 11.6 Å². The molecular formula is C27H23ClN4O2. The number of hydrogen-bond donors (Lipinski definition) is 0. The summed E-state index contributed by atoms with van der Waals surface area (Å²) in [5, 5.41) is 5.32. The van der Waals surface area contributed by atoms with Crippen LogP contribution in [0.5, 0.6) is 5.75 Å². The molecule has 0 atom stereocenters. The van der Waals surface area contributed by atoms with Gasteiger partial charge in [0.2, 0.25) is 0 Å². The van der Waals surface area contributed by atoms with Crippen LogP contribution < -0.4 is 10.3 Å². The molecule has 5 aromatic rings. The van der Waals surface area contributed by atoms with Gasteiger partial charge in [0.1, 0.15) is 12.3 Å². The number of halogens is 1. The number of aryl methyl sites for hydroxylation is 3. The van der Waals surface area contributed by atoms with E-state index in [1.54, 1.807) is 16.9 Å². The van der Waals surface area contributed by atoms with Gasteiger partial charge in [-0.05, 0) is 68.3 Å². The predicted octanol–water partition coefficient (Wildman–Crippen LogP) is 5.70. The first-order valence-electron chi connectivity index (χ1n) is 10.9.